The molecule has 0 N–H and O–H groups in total. The maximum Gasteiger partial charge on any atom is 0.336 e. The van der Waals surface area contributed by atoms with Crippen LogP contribution in [0.5, 0.6) is 0 Å². The molecule has 1 aliphatic rings. The molecule has 0 atom stereocenters. The molecule has 0 aliphatic heterocycles. The number of thioether (sulfide) groups is 1. The highest BCUT2D eigenvalue weighted by Crippen LogP contribution is 2.32. The summed E-state index contributed by atoms with van der Waals surface area (Å²) in [6.07, 6.45) is 7.17. The maximum atomic E-state index is 12.1. The van der Waals surface area contributed by atoms with E-state index in [4.69, 9.17) is 4.42 Å². The Bertz CT molecular complexity index is 1290. The van der Waals surface area contributed by atoms with Crippen molar-refractivity contribution < 1.29 is 4.42 Å². The number of hydrogen-bond acceptors (Lipinski definition) is 4. The Kier molecular flexibility index (Phi) is 4.55. The van der Waals surface area contributed by atoms with E-state index in [9.17, 15) is 4.79 Å². The number of fused-ring (bicyclic) bond motifs is 2. The minimum Gasteiger partial charge on any atom is -0.423 e. The zero-order valence-corrected chi connectivity index (χ0v) is 17.4. The van der Waals surface area contributed by atoms with Gasteiger partial charge in [0.2, 0.25) is 0 Å². The van der Waals surface area contributed by atoms with Gasteiger partial charge in [0, 0.05) is 29.6 Å². The lowest BCUT2D eigenvalue weighted by molar-refractivity contribution is 0.559. The van der Waals surface area contributed by atoms with Crippen molar-refractivity contribution in [1.82, 2.24) is 9.55 Å². The first-order valence-electron chi connectivity index (χ1n) is 9.91. The van der Waals surface area contributed by atoms with E-state index in [0.29, 0.717) is 11.3 Å². The molecule has 2 aromatic carbocycles. The third-order valence-corrected chi connectivity index (χ3v) is 6.63. The predicted octanol–water partition coefficient (Wildman–Crippen LogP) is 5.38. The molecule has 0 bridgehead atoms. The fourth-order valence-electron chi connectivity index (χ4n) is 4.21. The Morgan fingerprint density at radius 1 is 1.10 bits per heavy atom. The van der Waals surface area contributed by atoms with Gasteiger partial charge in [-0.05, 0) is 73.6 Å². The van der Waals surface area contributed by atoms with Gasteiger partial charge in [0.15, 0.2) is 5.16 Å². The summed E-state index contributed by atoms with van der Waals surface area (Å²) in [5.74, 6) is 0.669. The van der Waals surface area contributed by atoms with Crippen molar-refractivity contribution in [2.45, 2.75) is 44.0 Å². The van der Waals surface area contributed by atoms with Crippen LogP contribution in [-0.4, -0.2) is 9.55 Å². The minimum atomic E-state index is -0.288. The summed E-state index contributed by atoms with van der Waals surface area (Å²) in [6, 6.07) is 12.3. The van der Waals surface area contributed by atoms with Crippen LogP contribution < -0.4 is 5.63 Å². The van der Waals surface area contributed by atoms with Crippen LogP contribution in [0, 0.1) is 13.8 Å². The highest BCUT2D eigenvalue weighted by Gasteiger charge is 2.16. The van der Waals surface area contributed by atoms with Crippen molar-refractivity contribution in [2.75, 3.05) is 0 Å². The molecule has 5 rings (SSSR count). The Labute approximate surface area is 173 Å². The van der Waals surface area contributed by atoms with Gasteiger partial charge < -0.3 is 4.42 Å². The lowest BCUT2D eigenvalue weighted by Crippen LogP contribution is -2.02. The van der Waals surface area contributed by atoms with Gasteiger partial charge in [-0.3, -0.25) is 4.57 Å². The van der Waals surface area contributed by atoms with Crippen molar-refractivity contribution >= 4 is 22.7 Å². The Morgan fingerprint density at radius 2 is 1.93 bits per heavy atom. The third kappa shape index (κ3) is 3.40. The van der Waals surface area contributed by atoms with Gasteiger partial charge in [-0.25, -0.2) is 9.78 Å². The molecule has 0 unspecified atom stereocenters. The molecule has 0 spiro atoms. The van der Waals surface area contributed by atoms with E-state index in [2.05, 4.69) is 53.7 Å². The zero-order valence-electron chi connectivity index (χ0n) is 16.6. The summed E-state index contributed by atoms with van der Waals surface area (Å²) < 4.78 is 7.61. The molecular formula is C24H22N2O2S. The van der Waals surface area contributed by atoms with E-state index >= 15 is 0 Å². The first-order chi connectivity index (χ1) is 14.1. The summed E-state index contributed by atoms with van der Waals surface area (Å²) in [5.41, 5.74) is 7.71. The van der Waals surface area contributed by atoms with E-state index in [-0.39, 0.29) is 5.63 Å². The number of benzene rings is 2. The van der Waals surface area contributed by atoms with Gasteiger partial charge in [0.1, 0.15) is 5.58 Å². The molecule has 4 nitrogen and oxygen atoms in total. The SMILES string of the molecule is Cc1ccc(-n2ccnc2SCc2cc(=O)oc3cc4c(cc23)CCC4)c(C)c1. The Morgan fingerprint density at radius 3 is 2.76 bits per heavy atom. The number of hydrogen-bond donors (Lipinski definition) is 0. The average molecular weight is 403 g/mol. The Balaban J connectivity index is 1.49. The van der Waals surface area contributed by atoms with E-state index in [1.54, 1.807) is 17.8 Å². The third-order valence-electron chi connectivity index (χ3n) is 5.62. The van der Waals surface area contributed by atoms with Crippen LogP contribution in [0.25, 0.3) is 16.7 Å². The van der Waals surface area contributed by atoms with Gasteiger partial charge in [-0.15, -0.1) is 0 Å². The molecule has 0 radical (unpaired) electrons. The maximum absolute atomic E-state index is 12.1. The molecule has 0 amide bonds. The molecule has 146 valence electrons. The fourth-order valence-corrected chi connectivity index (χ4v) is 5.17. The molecule has 29 heavy (non-hydrogen) atoms. The topological polar surface area (TPSA) is 48.0 Å². The Hall–Kier alpha value is -2.79. The van der Waals surface area contributed by atoms with Crippen LogP contribution in [0.2, 0.25) is 0 Å². The van der Waals surface area contributed by atoms with Gasteiger partial charge in [0.25, 0.3) is 0 Å². The van der Waals surface area contributed by atoms with Crippen LogP contribution in [0.1, 0.15) is 34.2 Å². The number of rotatable bonds is 4. The van der Waals surface area contributed by atoms with Crippen molar-refractivity contribution in [3.63, 3.8) is 0 Å². The predicted molar refractivity (Wildman–Crippen MR) is 117 cm³/mol. The van der Waals surface area contributed by atoms with Gasteiger partial charge in [-0.1, -0.05) is 29.5 Å². The summed E-state index contributed by atoms with van der Waals surface area (Å²) in [4.78, 5) is 16.7. The molecule has 2 aromatic heterocycles. The largest absolute Gasteiger partial charge is 0.423 e. The number of aryl methyl sites for hydroxylation is 4. The first kappa shape index (κ1) is 18.3. The van der Waals surface area contributed by atoms with Crippen LogP contribution in [-0.2, 0) is 18.6 Å². The normalized spacial score (nSPS) is 13.2. The van der Waals surface area contributed by atoms with Crippen molar-refractivity contribution in [3.8, 4) is 5.69 Å². The second-order valence-corrected chi connectivity index (χ2v) is 8.66. The highest BCUT2D eigenvalue weighted by molar-refractivity contribution is 7.98. The molecule has 5 heteroatoms. The molecule has 0 saturated heterocycles. The lowest BCUT2D eigenvalue weighted by atomic mass is 10.0. The van der Waals surface area contributed by atoms with E-state index in [1.165, 1.54) is 28.7 Å². The quantitative estimate of drug-likeness (QED) is 0.340. The van der Waals surface area contributed by atoms with Crippen molar-refractivity contribution in [3.05, 3.63) is 87.0 Å². The van der Waals surface area contributed by atoms with Crippen molar-refractivity contribution in [2.24, 2.45) is 0 Å². The van der Waals surface area contributed by atoms with Gasteiger partial charge >= 0.3 is 5.63 Å². The van der Waals surface area contributed by atoms with Crippen LogP contribution in [0.15, 0.2) is 63.2 Å². The van der Waals surface area contributed by atoms with E-state index < -0.39 is 0 Å². The monoisotopic (exact) mass is 402 g/mol. The van der Waals surface area contributed by atoms with E-state index in [1.807, 2.05) is 12.4 Å². The molecular weight excluding hydrogens is 380 g/mol. The van der Waals surface area contributed by atoms with Gasteiger partial charge in [-0.2, -0.15) is 0 Å². The van der Waals surface area contributed by atoms with Crippen LogP contribution in [0.3, 0.4) is 0 Å². The number of aromatic nitrogens is 2. The van der Waals surface area contributed by atoms with Crippen molar-refractivity contribution in [1.29, 1.82) is 0 Å². The summed E-state index contributed by atoms with van der Waals surface area (Å²) in [6.45, 7) is 4.22. The standard InChI is InChI=1S/C24H22N2O2S/c1-15-6-7-21(16(2)10-15)26-9-8-25-24(26)29-14-19-13-23(27)28-22-12-18-5-3-4-17(18)11-20(19)22/h6-13H,3-5,14H2,1-2H3. The lowest BCUT2D eigenvalue weighted by Gasteiger charge is -2.12. The van der Waals surface area contributed by atoms with Crippen LogP contribution >= 0.6 is 11.8 Å². The second kappa shape index (κ2) is 7.23. The molecule has 1 aliphatic carbocycles. The molecule has 2 heterocycles. The average Bonchev–Trinajstić information content (AvgIpc) is 3.33. The molecule has 0 saturated carbocycles. The van der Waals surface area contributed by atoms with Gasteiger partial charge in [0.05, 0.1) is 5.69 Å². The minimum absolute atomic E-state index is 0.288. The summed E-state index contributed by atoms with van der Waals surface area (Å²) in [7, 11) is 0. The van der Waals surface area contributed by atoms with E-state index in [0.717, 1.165) is 34.6 Å². The summed E-state index contributed by atoms with van der Waals surface area (Å²) >= 11 is 1.64. The number of nitrogens with zero attached hydrogens (tertiary/aromatic N) is 2. The second-order valence-electron chi connectivity index (χ2n) is 7.72. The fraction of sp³-hybridized carbons (Fsp3) is 0.250. The highest BCUT2D eigenvalue weighted by atomic mass is 32.2. The van der Waals surface area contributed by atoms with Crippen LogP contribution in [0.4, 0.5) is 0 Å². The smallest absolute Gasteiger partial charge is 0.336 e. The zero-order chi connectivity index (χ0) is 20.0. The summed E-state index contributed by atoms with van der Waals surface area (Å²) in [5, 5.41) is 1.96. The first-order valence-corrected chi connectivity index (χ1v) is 10.9. The number of imidazole rings is 1. The molecule has 0 fully saturated rings. The molecule has 4 aromatic rings.